The summed E-state index contributed by atoms with van der Waals surface area (Å²) < 4.78 is 11.8. The summed E-state index contributed by atoms with van der Waals surface area (Å²) in [5.74, 6) is 0. The first-order valence-corrected chi connectivity index (χ1v) is 11.4. The maximum absolute atomic E-state index is 6.72. The molecule has 27 heavy (non-hydrogen) atoms. The van der Waals surface area contributed by atoms with E-state index in [1.807, 2.05) is 0 Å². The van der Waals surface area contributed by atoms with Gasteiger partial charge in [0.25, 0.3) is 0 Å². The Labute approximate surface area is 167 Å². The van der Waals surface area contributed by atoms with Gasteiger partial charge in [0.15, 0.2) is 8.45 Å². The molecule has 0 unspecified atom stereocenters. The highest BCUT2D eigenvalue weighted by molar-refractivity contribution is 7.47. The van der Waals surface area contributed by atoms with E-state index in [1.54, 1.807) is 0 Å². The fourth-order valence-corrected chi connectivity index (χ4v) is 6.12. The van der Waals surface area contributed by atoms with Gasteiger partial charge in [0.05, 0.1) is 6.61 Å². The lowest BCUT2D eigenvalue weighted by Crippen LogP contribution is -2.43. The van der Waals surface area contributed by atoms with Gasteiger partial charge in [-0.05, 0) is 71.7 Å². The van der Waals surface area contributed by atoms with Crippen LogP contribution < -0.4 is 0 Å². The zero-order valence-electron chi connectivity index (χ0n) is 18.3. The minimum Gasteiger partial charge on any atom is -0.326 e. The van der Waals surface area contributed by atoms with E-state index >= 15 is 0 Å². The predicted octanol–water partition coefficient (Wildman–Crippen LogP) is 6.82. The van der Waals surface area contributed by atoms with Crippen LogP contribution in [-0.2, 0) is 11.1 Å². The van der Waals surface area contributed by atoms with Crippen LogP contribution in [0.4, 0.5) is 0 Å². The molecular weight excluding hydrogens is 351 g/mol. The molecule has 2 aromatic carbocycles. The van der Waals surface area contributed by atoms with E-state index in [2.05, 4.69) is 107 Å². The molecule has 0 saturated carbocycles. The molecular formula is C23H37N2OP. The molecule has 0 saturated heterocycles. The number of nitrogens with zero attached hydrogens (tertiary/aromatic N) is 2. The van der Waals surface area contributed by atoms with E-state index in [9.17, 15) is 0 Å². The molecule has 0 aliphatic carbocycles. The molecule has 0 aromatic heterocycles. The maximum Gasteiger partial charge on any atom is 0.189 e. The minimum absolute atomic E-state index is 0.434. The Kier molecular flexibility index (Phi) is 8.24. The highest BCUT2D eigenvalue weighted by Gasteiger charge is 2.34. The predicted molar refractivity (Wildman–Crippen MR) is 120 cm³/mol. The lowest BCUT2D eigenvalue weighted by atomic mass is 10.1. The molecule has 3 nitrogen and oxygen atoms in total. The smallest absolute Gasteiger partial charge is 0.189 e. The van der Waals surface area contributed by atoms with Gasteiger partial charge in [-0.2, -0.15) is 0 Å². The molecule has 0 radical (unpaired) electrons. The van der Waals surface area contributed by atoms with Gasteiger partial charge in [0, 0.05) is 24.2 Å². The lowest BCUT2D eigenvalue weighted by molar-refractivity contribution is 0.182. The molecule has 0 heterocycles. The van der Waals surface area contributed by atoms with E-state index in [0.29, 0.717) is 30.8 Å². The first-order chi connectivity index (χ1) is 12.7. The van der Waals surface area contributed by atoms with E-state index in [0.717, 1.165) is 0 Å². The number of hydrogen-bond acceptors (Lipinski definition) is 3. The molecule has 0 atom stereocenters. The molecule has 0 amide bonds. The second-order valence-electron chi connectivity index (χ2n) is 8.30. The Morgan fingerprint density at radius 3 is 1.70 bits per heavy atom. The largest absolute Gasteiger partial charge is 0.326 e. The Hall–Kier alpha value is -0.990. The molecule has 0 aliphatic rings. The average molecular weight is 389 g/mol. The Bertz CT molecular complexity index is 673. The summed E-state index contributed by atoms with van der Waals surface area (Å²) >= 11 is 0. The van der Waals surface area contributed by atoms with Crippen LogP contribution in [0, 0.1) is 0 Å². The van der Waals surface area contributed by atoms with Crippen molar-refractivity contribution in [3.05, 3.63) is 48.0 Å². The van der Waals surface area contributed by atoms with Gasteiger partial charge in [0.2, 0.25) is 0 Å². The van der Waals surface area contributed by atoms with E-state index in [1.165, 1.54) is 16.3 Å². The van der Waals surface area contributed by atoms with E-state index in [-0.39, 0.29) is 0 Å². The van der Waals surface area contributed by atoms with Crippen molar-refractivity contribution in [2.45, 2.75) is 86.2 Å². The van der Waals surface area contributed by atoms with Crippen LogP contribution in [0.1, 0.15) is 61.0 Å². The fraction of sp³-hybridized carbons (Fsp3) is 0.565. The molecule has 0 fully saturated rings. The summed E-state index contributed by atoms with van der Waals surface area (Å²) in [6.07, 6.45) is 0. The number of hydrogen-bond donors (Lipinski definition) is 0. The third kappa shape index (κ3) is 5.51. The van der Waals surface area contributed by atoms with E-state index in [4.69, 9.17) is 4.52 Å². The van der Waals surface area contributed by atoms with Crippen molar-refractivity contribution in [3.8, 4) is 0 Å². The van der Waals surface area contributed by atoms with Gasteiger partial charge < -0.3 is 4.52 Å². The van der Waals surface area contributed by atoms with Gasteiger partial charge in [-0.25, -0.2) is 9.34 Å². The van der Waals surface area contributed by atoms with Crippen molar-refractivity contribution >= 4 is 19.2 Å². The summed E-state index contributed by atoms with van der Waals surface area (Å²) in [7, 11) is -0.858. The van der Waals surface area contributed by atoms with Gasteiger partial charge in [-0.1, -0.05) is 42.5 Å². The quantitative estimate of drug-likeness (QED) is 0.438. The van der Waals surface area contributed by atoms with Crippen LogP contribution in [-0.4, -0.2) is 33.5 Å². The van der Waals surface area contributed by atoms with Crippen molar-refractivity contribution in [3.63, 3.8) is 0 Å². The van der Waals surface area contributed by atoms with Crippen LogP contribution >= 0.6 is 8.45 Å². The number of rotatable bonds is 9. The third-order valence-electron chi connectivity index (χ3n) is 4.73. The molecule has 0 bridgehead atoms. The standard InChI is InChI=1S/C23H37N2OP/c1-17(2)24(18(3)4)27(25(19(5)6)20(7)8)26-16-22-14-11-13-21-12-9-10-15-23(21)22/h9-15,17-20H,16H2,1-8H3. The molecule has 0 spiro atoms. The third-order valence-corrected chi connectivity index (χ3v) is 7.72. The van der Waals surface area contributed by atoms with Gasteiger partial charge in [0.1, 0.15) is 0 Å². The number of benzene rings is 2. The van der Waals surface area contributed by atoms with Crippen molar-refractivity contribution < 1.29 is 4.52 Å². The molecule has 150 valence electrons. The molecule has 2 aromatic rings. The van der Waals surface area contributed by atoms with Crippen molar-refractivity contribution in [1.29, 1.82) is 0 Å². The molecule has 0 N–H and O–H groups in total. The van der Waals surface area contributed by atoms with Gasteiger partial charge in [-0.15, -0.1) is 0 Å². The Morgan fingerprint density at radius 2 is 1.19 bits per heavy atom. The average Bonchev–Trinajstić information content (AvgIpc) is 2.58. The highest BCUT2D eigenvalue weighted by atomic mass is 31.2. The second kappa shape index (κ2) is 9.98. The molecule has 4 heteroatoms. The van der Waals surface area contributed by atoms with Crippen molar-refractivity contribution in [2.24, 2.45) is 0 Å². The first-order valence-electron chi connectivity index (χ1n) is 10.2. The monoisotopic (exact) mass is 388 g/mol. The van der Waals surface area contributed by atoms with E-state index < -0.39 is 8.45 Å². The highest BCUT2D eigenvalue weighted by Crippen LogP contribution is 2.51. The topological polar surface area (TPSA) is 15.7 Å². The summed E-state index contributed by atoms with van der Waals surface area (Å²) in [5.41, 5.74) is 1.26. The Balaban J connectivity index is 2.35. The zero-order chi connectivity index (χ0) is 20.1. The SMILES string of the molecule is CC(C)N(C(C)C)P(OCc1cccc2ccccc12)N(C(C)C)C(C)C. The zero-order valence-corrected chi connectivity index (χ0v) is 19.2. The summed E-state index contributed by atoms with van der Waals surface area (Å²) in [6.45, 7) is 18.8. The minimum atomic E-state index is -0.858. The molecule has 2 rings (SSSR count). The normalized spacial score (nSPS) is 12.9. The van der Waals surface area contributed by atoms with Crippen LogP contribution in [0.3, 0.4) is 0 Å². The van der Waals surface area contributed by atoms with Crippen molar-refractivity contribution in [2.75, 3.05) is 0 Å². The van der Waals surface area contributed by atoms with Crippen LogP contribution in [0.25, 0.3) is 10.8 Å². The summed E-state index contributed by atoms with van der Waals surface area (Å²) in [5, 5.41) is 2.56. The second-order valence-corrected chi connectivity index (χ2v) is 9.99. The van der Waals surface area contributed by atoms with Crippen LogP contribution in [0.5, 0.6) is 0 Å². The Morgan fingerprint density at radius 1 is 0.704 bits per heavy atom. The molecule has 0 aliphatic heterocycles. The fourth-order valence-electron chi connectivity index (χ4n) is 3.78. The summed E-state index contributed by atoms with van der Waals surface area (Å²) in [6, 6.07) is 16.8. The van der Waals surface area contributed by atoms with Crippen LogP contribution in [0.15, 0.2) is 42.5 Å². The lowest BCUT2D eigenvalue weighted by Gasteiger charge is -2.45. The van der Waals surface area contributed by atoms with Crippen LogP contribution in [0.2, 0.25) is 0 Å². The first kappa shape index (κ1) is 22.3. The van der Waals surface area contributed by atoms with Crippen molar-refractivity contribution in [1.82, 2.24) is 9.34 Å². The summed E-state index contributed by atoms with van der Waals surface area (Å²) in [4.78, 5) is 0. The number of fused-ring (bicyclic) bond motifs is 1. The van der Waals surface area contributed by atoms with Gasteiger partial charge >= 0.3 is 0 Å². The maximum atomic E-state index is 6.72. The van der Waals surface area contributed by atoms with Gasteiger partial charge in [-0.3, -0.25) is 0 Å².